The number of aliphatic imine (C=N–C) groups is 1. The molecule has 6 rings (SSSR count). The van der Waals surface area contributed by atoms with Crippen molar-refractivity contribution in [1.82, 2.24) is 10.6 Å². The highest BCUT2D eigenvalue weighted by Crippen LogP contribution is 2.57. The van der Waals surface area contributed by atoms with Gasteiger partial charge in [0.05, 0.1) is 19.1 Å². The molecule has 264 valence electrons. The summed E-state index contributed by atoms with van der Waals surface area (Å²) in [5, 5.41) is 17.3. The van der Waals surface area contributed by atoms with E-state index >= 15 is 0 Å². The fourth-order valence-corrected chi connectivity index (χ4v) is 7.07. The third kappa shape index (κ3) is 6.74. The first kappa shape index (κ1) is 34.7. The van der Waals surface area contributed by atoms with Crippen LogP contribution in [0.4, 0.5) is 9.59 Å². The lowest BCUT2D eigenvalue weighted by atomic mass is 9.58. The maximum Gasteiger partial charge on any atom is 0.437 e. The summed E-state index contributed by atoms with van der Waals surface area (Å²) in [6.45, 7) is 6.43. The zero-order valence-electron chi connectivity index (χ0n) is 27.9. The Labute approximate surface area is 283 Å². The van der Waals surface area contributed by atoms with Crippen molar-refractivity contribution in [3.63, 3.8) is 0 Å². The van der Waals surface area contributed by atoms with Gasteiger partial charge in [-0.1, -0.05) is 60.7 Å². The van der Waals surface area contributed by atoms with Crippen molar-refractivity contribution in [3.05, 3.63) is 71.8 Å². The van der Waals surface area contributed by atoms with Crippen LogP contribution < -0.4 is 10.6 Å². The minimum absolute atomic E-state index is 0.0399. The van der Waals surface area contributed by atoms with Crippen LogP contribution in [0, 0.1) is 5.92 Å². The molecule has 6 unspecified atom stereocenters. The number of nitrogens with zero attached hydrogens (tertiary/aromatic N) is 1. The van der Waals surface area contributed by atoms with Crippen molar-refractivity contribution in [3.8, 4) is 0 Å². The van der Waals surface area contributed by atoms with E-state index in [1.165, 1.54) is 7.11 Å². The van der Waals surface area contributed by atoms with Crippen LogP contribution in [0.1, 0.15) is 38.8 Å². The fraction of sp³-hybridized carbons (Fsp3) is 0.529. The van der Waals surface area contributed by atoms with Gasteiger partial charge in [0.1, 0.15) is 37.1 Å². The molecule has 1 aliphatic carbocycles. The first-order valence-electron chi connectivity index (χ1n) is 15.9. The van der Waals surface area contributed by atoms with Crippen molar-refractivity contribution in [2.45, 2.75) is 88.0 Å². The molecular formula is C34H41N3O12. The Morgan fingerprint density at radius 3 is 2.10 bits per heavy atom. The smallest absolute Gasteiger partial charge is 0.437 e. The Morgan fingerprint density at radius 2 is 1.51 bits per heavy atom. The monoisotopic (exact) mass is 683 g/mol. The zero-order valence-corrected chi connectivity index (χ0v) is 27.9. The summed E-state index contributed by atoms with van der Waals surface area (Å²) in [6.07, 6.45) is -7.29. The number of carbonyl (C=O) groups excluding carboxylic acids is 3. The van der Waals surface area contributed by atoms with E-state index in [4.69, 9.17) is 37.9 Å². The highest BCUT2D eigenvalue weighted by molar-refractivity contribution is 5.99. The Morgan fingerprint density at radius 1 is 0.898 bits per heavy atom. The predicted octanol–water partition coefficient (Wildman–Crippen LogP) is 2.54. The van der Waals surface area contributed by atoms with Gasteiger partial charge in [0.2, 0.25) is 5.96 Å². The van der Waals surface area contributed by atoms with Crippen molar-refractivity contribution in [1.29, 1.82) is 0 Å². The third-order valence-corrected chi connectivity index (χ3v) is 9.03. The van der Waals surface area contributed by atoms with Gasteiger partial charge in [-0.05, 0) is 38.8 Å². The summed E-state index contributed by atoms with van der Waals surface area (Å²) in [7, 11) is 1.44. The topological polar surface area (TPSA) is 182 Å². The number of aliphatic hydroxyl groups excluding tert-OH is 1. The number of aliphatic hydroxyl groups is 1. The summed E-state index contributed by atoms with van der Waals surface area (Å²) in [6, 6.07) is 17.9. The molecule has 4 fully saturated rings. The number of amides is 2. The average Bonchev–Trinajstić information content (AvgIpc) is 3.58. The van der Waals surface area contributed by atoms with Gasteiger partial charge in [0.15, 0.2) is 23.3 Å². The lowest BCUT2D eigenvalue weighted by molar-refractivity contribution is -0.290. The van der Waals surface area contributed by atoms with Crippen LogP contribution in [0.3, 0.4) is 0 Å². The molecule has 3 aliphatic heterocycles. The van der Waals surface area contributed by atoms with E-state index in [0.717, 1.165) is 0 Å². The molecule has 2 aromatic rings. The fourth-order valence-electron chi connectivity index (χ4n) is 7.07. The van der Waals surface area contributed by atoms with Crippen molar-refractivity contribution < 1.29 is 57.4 Å². The highest BCUT2D eigenvalue weighted by atomic mass is 16.8. The summed E-state index contributed by atoms with van der Waals surface area (Å²) in [5.74, 6) is -4.78. The van der Waals surface area contributed by atoms with Crippen LogP contribution in [0.2, 0.25) is 0 Å². The van der Waals surface area contributed by atoms with Gasteiger partial charge in [0, 0.05) is 7.11 Å². The number of nitrogens with one attached hydrogen (secondary N) is 2. The molecule has 3 saturated heterocycles. The zero-order chi connectivity index (χ0) is 35.0. The van der Waals surface area contributed by atoms with Gasteiger partial charge in [-0.15, -0.1) is 4.99 Å². The highest BCUT2D eigenvalue weighted by Gasteiger charge is 2.79. The Hall–Kier alpha value is -4.12. The molecule has 49 heavy (non-hydrogen) atoms. The van der Waals surface area contributed by atoms with E-state index in [0.29, 0.717) is 11.1 Å². The van der Waals surface area contributed by atoms with E-state index in [-0.39, 0.29) is 26.4 Å². The summed E-state index contributed by atoms with van der Waals surface area (Å²) in [5.41, 5.74) is -1.86. The molecule has 1 spiro atoms. The van der Waals surface area contributed by atoms with E-state index in [1.54, 1.807) is 76.2 Å². The molecular weight excluding hydrogens is 642 g/mol. The largest absolute Gasteiger partial charge is 0.457 e. The van der Waals surface area contributed by atoms with Crippen LogP contribution in [-0.2, 0) is 55.9 Å². The van der Waals surface area contributed by atoms with Crippen molar-refractivity contribution >= 4 is 24.1 Å². The van der Waals surface area contributed by atoms with Crippen LogP contribution in [0.5, 0.6) is 0 Å². The number of benzene rings is 2. The quantitative estimate of drug-likeness (QED) is 0.168. The second-order valence-electron chi connectivity index (χ2n) is 13.3. The van der Waals surface area contributed by atoms with E-state index in [9.17, 15) is 19.5 Å². The standard InChI is InChI=1S/C34H41N3O12/c1-31(2)45-19-33(49-31)24-22(18-42-5)34(23(38)27(39)46-24,26-25(33)47-32(3,4)48-26)37-28(35-29(40)43-16-20-12-8-6-9-13-20)36-30(41)44-17-21-14-10-7-11-15-21/h6-15,22-26,38H,16-19H2,1-5H3,(H2,35,36,37,40,41)/t22?,23-,24?,25?,26?,33?,34?/m1/s1. The SMILES string of the molecule is COCC1C2OC(=O)[C@@H](O)C1(N/C(=N\C(=O)OCc1ccccc1)NC(=O)OCc1ccccc1)C1OC(C)(C)OC1C21COC(C)(C)O1. The number of fused-ring (bicyclic) bond motifs is 6. The number of alkyl carbamates (subject to hydrolysis) is 1. The minimum Gasteiger partial charge on any atom is -0.457 e. The second-order valence-corrected chi connectivity index (χ2v) is 13.3. The number of carbonyl (C=O) groups is 3. The number of hydrogen-bond acceptors (Lipinski definition) is 12. The minimum atomic E-state index is -1.94. The van der Waals surface area contributed by atoms with Crippen molar-refractivity contribution in [2.24, 2.45) is 10.9 Å². The number of esters is 1. The summed E-state index contributed by atoms with van der Waals surface area (Å²) in [4.78, 5) is 43.9. The molecule has 4 aliphatic rings. The van der Waals surface area contributed by atoms with Gasteiger partial charge in [-0.25, -0.2) is 14.4 Å². The van der Waals surface area contributed by atoms with E-state index in [2.05, 4.69) is 15.6 Å². The second kappa shape index (κ2) is 13.3. The molecule has 1 saturated carbocycles. The Kier molecular flexibility index (Phi) is 9.43. The average molecular weight is 684 g/mol. The Bertz CT molecular complexity index is 1570. The first-order chi connectivity index (χ1) is 23.3. The molecule has 2 aromatic carbocycles. The number of hydrogen-bond donors (Lipinski definition) is 3. The number of rotatable bonds is 7. The number of methoxy groups -OCH3 is 1. The van der Waals surface area contributed by atoms with E-state index < -0.39 is 77.2 Å². The predicted molar refractivity (Wildman–Crippen MR) is 169 cm³/mol. The van der Waals surface area contributed by atoms with Gasteiger partial charge >= 0.3 is 18.2 Å². The normalized spacial score (nSPS) is 32.6. The lowest BCUT2D eigenvalue weighted by Crippen LogP contribution is -2.86. The molecule has 7 atom stereocenters. The summed E-state index contributed by atoms with van der Waals surface area (Å²) >= 11 is 0. The molecule has 0 radical (unpaired) electrons. The Balaban J connectivity index is 1.39. The molecule has 15 heteroatoms. The van der Waals surface area contributed by atoms with Crippen molar-refractivity contribution in [2.75, 3.05) is 20.3 Å². The van der Waals surface area contributed by atoms with Crippen LogP contribution in [-0.4, -0.2) is 96.7 Å². The van der Waals surface area contributed by atoms with Crippen LogP contribution in [0.25, 0.3) is 0 Å². The van der Waals surface area contributed by atoms with Crippen LogP contribution >= 0.6 is 0 Å². The third-order valence-electron chi connectivity index (χ3n) is 9.03. The molecule has 2 amide bonds. The van der Waals surface area contributed by atoms with Gasteiger partial charge in [0.25, 0.3) is 0 Å². The lowest BCUT2D eigenvalue weighted by Gasteiger charge is -2.61. The molecule has 3 N–H and O–H groups in total. The summed E-state index contributed by atoms with van der Waals surface area (Å²) < 4.78 is 47.7. The van der Waals surface area contributed by atoms with Crippen LogP contribution in [0.15, 0.2) is 65.7 Å². The van der Waals surface area contributed by atoms with Gasteiger partial charge in [-0.3, -0.25) is 5.32 Å². The molecule has 2 bridgehead atoms. The maximum atomic E-state index is 13.6. The number of guanidine groups is 1. The maximum absolute atomic E-state index is 13.6. The molecule has 15 nitrogen and oxygen atoms in total. The number of ether oxygens (including phenoxy) is 8. The molecule has 0 aromatic heterocycles. The first-order valence-corrected chi connectivity index (χ1v) is 15.9. The van der Waals surface area contributed by atoms with E-state index in [1.807, 2.05) is 12.1 Å². The van der Waals surface area contributed by atoms with Gasteiger partial charge < -0.3 is 48.3 Å². The van der Waals surface area contributed by atoms with Gasteiger partial charge in [-0.2, -0.15) is 0 Å². The molecule has 3 heterocycles.